The minimum absolute atomic E-state index is 0.00784. The van der Waals surface area contributed by atoms with E-state index in [2.05, 4.69) is 46.6 Å². The zero-order valence-corrected chi connectivity index (χ0v) is 56.0. The second-order valence-electron chi connectivity index (χ2n) is 27.4. The molecule has 5 aromatic rings. The van der Waals surface area contributed by atoms with Gasteiger partial charge in [-0.3, -0.25) is 33.9 Å². The number of aromatic nitrogens is 2. The first kappa shape index (κ1) is 68.0. The third-order valence-corrected chi connectivity index (χ3v) is 20.4. The smallest absolute Gasteiger partial charge is 0.260 e. The summed E-state index contributed by atoms with van der Waals surface area (Å²) in [7, 11) is 3.82. The highest BCUT2D eigenvalue weighted by atomic mass is 32.1. The molecule has 20 nitrogen and oxygen atoms in total. The Hall–Kier alpha value is -6.85. The number of amides is 5. The highest BCUT2D eigenvalue weighted by molar-refractivity contribution is 7.13. The fourth-order valence-electron chi connectivity index (χ4n) is 13.8. The number of β-amino-alcohol motifs (C(OH)–C–C–N with tert-alkyl or cyclic N) is 1. The molecule has 0 radical (unpaired) electrons. The number of nitrogens with zero attached hydrogens (tertiary/aromatic N) is 9. The van der Waals surface area contributed by atoms with Crippen LogP contribution < -0.4 is 25.4 Å². The molecule has 4 N–H and O–H groups in total. The monoisotopic (exact) mass is 1280 g/mol. The molecule has 92 heavy (non-hydrogen) atoms. The Balaban J connectivity index is 0.584. The van der Waals surface area contributed by atoms with Crippen LogP contribution in [0.15, 0.2) is 96.6 Å². The summed E-state index contributed by atoms with van der Waals surface area (Å²) in [4.78, 5) is 93.9. The number of hydrogen-bond donors (Lipinski definition) is 4. The molecule has 0 unspecified atom stereocenters. The van der Waals surface area contributed by atoms with Crippen LogP contribution in [0.3, 0.4) is 0 Å². The molecule has 2 aromatic heterocycles. The van der Waals surface area contributed by atoms with Crippen LogP contribution in [0.4, 0.5) is 0 Å². The van der Waals surface area contributed by atoms with Crippen LogP contribution in [0.2, 0.25) is 0 Å². The van der Waals surface area contributed by atoms with Gasteiger partial charge in [0, 0.05) is 115 Å². The fourth-order valence-corrected chi connectivity index (χ4v) is 14.6. The molecule has 0 bridgehead atoms. The number of pyridine rings is 1. The van der Waals surface area contributed by atoms with E-state index in [1.54, 1.807) is 34.4 Å². The van der Waals surface area contributed by atoms with Gasteiger partial charge in [0.05, 0.1) is 34.8 Å². The molecule has 5 fully saturated rings. The maximum atomic E-state index is 14.3. The molecule has 10 rings (SSSR count). The van der Waals surface area contributed by atoms with Crippen molar-refractivity contribution in [3.8, 4) is 27.7 Å². The average Bonchev–Trinajstić information content (AvgIpc) is 1.67. The molecule has 21 heteroatoms. The first-order chi connectivity index (χ1) is 44.3. The molecule has 7 heterocycles. The van der Waals surface area contributed by atoms with E-state index >= 15 is 0 Å². The van der Waals surface area contributed by atoms with Gasteiger partial charge in [0.25, 0.3) is 11.8 Å². The summed E-state index contributed by atoms with van der Waals surface area (Å²) >= 11 is 1.59. The predicted molar refractivity (Wildman–Crippen MR) is 359 cm³/mol. The highest BCUT2D eigenvalue weighted by Crippen LogP contribution is 2.33. The summed E-state index contributed by atoms with van der Waals surface area (Å²) in [5.74, 6) is 2.31. The van der Waals surface area contributed by atoms with Gasteiger partial charge in [-0.05, 0) is 174 Å². The summed E-state index contributed by atoms with van der Waals surface area (Å²) in [6.45, 7) is 23.5. The largest absolute Gasteiger partial charge is 0.484 e. The molecule has 5 amide bonds. The van der Waals surface area contributed by atoms with Gasteiger partial charge < -0.3 is 59.9 Å². The minimum Gasteiger partial charge on any atom is -0.484 e. The number of rotatable bonds is 24. The van der Waals surface area contributed by atoms with Gasteiger partial charge in [-0.1, -0.05) is 51.1 Å². The molecular weight excluding hydrogens is 1180 g/mol. The normalized spacial score (nSPS) is 20.2. The van der Waals surface area contributed by atoms with Crippen molar-refractivity contribution in [1.82, 2.24) is 60.2 Å². The van der Waals surface area contributed by atoms with Crippen molar-refractivity contribution in [2.24, 2.45) is 17.3 Å². The van der Waals surface area contributed by atoms with E-state index in [9.17, 15) is 29.1 Å². The van der Waals surface area contributed by atoms with Crippen molar-refractivity contribution in [3.05, 3.63) is 125 Å². The number of aliphatic hydroxyl groups is 1. The number of likely N-dealkylation sites (tertiary alicyclic amines) is 4. The minimum atomic E-state index is -0.886. The van der Waals surface area contributed by atoms with Crippen LogP contribution in [0.1, 0.15) is 117 Å². The Morgan fingerprint density at radius 3 is 2.07 bits per heavy atom. The Bertz CT molecular complexity index is 3240. The molecule has 0 spiro atoms. The van der Waals surface area contributed by atoms with Crippen molar-refractivity contribution in [2.75, 3.05) is 125 Å². The summed E-state index contributed by atoms with van der Waals surface area (Å²) in [5.41, 5.74) is 6.85. The van der Waals surface area contributed by atoms with Crippen LogP contribution in [0.5, 0.6) is 17.2 Å². The first-order valence-electron chi connectivity index (χ1n) is 33.4. The topological polar surface area (TPSA) is 209 Å². The van der Waals surface area contributed by atoms with E-state index in [4.69, 9.17) is 14.5 Å². The highest BCUT2D eigenvalue weighted by Gasteiger charge is 2.45. The maximum absolute atomic E-state index is 14.3. The SMILES string of the molecule is CNCCN1CCC(c2cc(CN(C)C(=O)c3cccc(Oc4ccc(OCC(=O)N5CCC(CN6CCC(CN7CCN(CC(=O)N[C@H](C(=O)N8C[C@H](O)C[C@H]8C(=O)N[C@@H](C)c8ccc(-c9scnc9C)cc8)C(C)(C)C)CC7)CC6)CC5)cc4)c3)ccn2)CC1. The molecule has 0 aliphatic carbocycles. The number of ether oxygens (including phenoxy) is 2. The number of piperidine rings is 3. The number of benzene rings is 3. The maximum Gasteiger partial charge on any atom is 0.260 e. The number of thiazole rings is 1. The van der Waals surface area contributed by atoms with Gasteiger partial charge in [-0.2, -0.15) is 0 Å². The number of hydrogen-bond acceptors (Lipinski definition) is 16. The van der Waals surface area contributed by atoms with Crippen molar-refractivity contribution < 1.29 is 38.6 Å². The summed E-state index contributed by atoms with van der Waals surface area (Å²) in [6.07, 6.45) is 7.58. The quantitative estimate of drug-likeness (QED) is 0.0478. The van der Waals surface area contributed by atoms with Gasteiger partial charge >= 0.3 is 0 Å². The van der Waals surface area contributed by atoms with Crippen LogP contribution in [0, 0.1) is 24.2 Å². The van der Waals surface area contributed by atoms with Gasteiger partial charge in [-0.25, -0.2) is 4.98 Å². The van der Waals surface area contributed by atoms with Crippen LogP contribution >= 0.6 is 11.3 Å². The standard InChI is InChI=1S/C71H98N12O8S/c1-49(54-11-13-56(14-12-54)66-50(2)74-48-92-66)75-68(87)63-41-58(84)45-83(63)70(89)67(71(3,4)5)76-64(85)46-81-37-35-80(36-38-81)44-51-20-28-79(29-21-51)43-52-22-32-82(33-23-52)65(86)47-90-59-15-17-60(18-16-59)91-61-10-8-9-57(40-61)69(88)77(7)42-53-19-26-73-62(39-53)55-24-30-78(31-25-55)34-27-72-6/h8-19,26,39-40,48-49,51-52,55,58,63,67,72,84H,20-25,27-38,41-47H2,1-7H3,(H,75,87)(H,76,85)/t49-,58+,63-,67+/m0/s1. The van der Waals surface area contributed by atoms with Crippen LogP contribution in [-0.2, 0) is 25.7 Å². The van der Waals surface area contributed by atoms with Gasteiger partial charge in [0.1, 0.15) is 29.3 Å². The lowest BCUT2D eigenvalue weighted by Crippen LogP contribution is -2.59. The van der Waals surface area contributed by atoms with E-state index in [0.717, 1.165) is 163 Å². The first-order valence-corrected chi connectivity index (χ1v) is 34.3. The number of aliphatic hydroxyl groups excluding tert-OH is 1. The third-order valence-electron chi connectivity index (χ3n) is 19.4. The fraction of sp³-hybridized carbons (Fsp3) is 0.563. The van der Waals surface area contributed by atoms with Gasteiger partial charge in [0.15, 0.2) is 6.61 Å². The molecule has 5 aliphatic heterocycles. The number of carbonyl (C=O) groups excluding carboxylic acids is 5. The lowest BCUT2D eigenvalue weighted by molar-refractivity contribution is -0.144. The molecule has 5 aliphatic rings. The number of piperazine rings is 1. The Morgan fingerprint density at radius 2 is 1.40 bits per heavy atom. The van der Waals surface area contributed by atoms with E-state index in [1.807, 2.05) is 126 Å². The van der Waals surface area contributed by atoms with Crippen LogP contribution in [0.25, 0.3) is 10.4 Å². The third kappa shape index (κ3) is 18.5. The Labute approximate surface area is 548 Å². The lowest BCUT2D eigenvalue weighted by Gasteiger charge is -2.40. The van der Waals surface area contributed by atoms with Gasteiger partial charge in [-0.15, -0.1) is 11.3 Å². The molecule has 5 saturated heterocycles. The molecular formula is C71H98N12O8S. The predicted octanol–water partition coefficient (Wildman–Crippen LogP) is 7.29. The number of nitrogens with one attached hydrogen (secondary N) is 3. The van der Waals surface area contributed by atoms with Crippen molar-refractivity contribution in [2.45, 2.75) is 116 Å². The summed E-state index contributed by atoms with van der Waals surface area (Å²) in [6, 6.07) is 24.6. The average molecular weight is 1280 g/mol. The molecule has 0 saturated carbocycles. The lowest BCUT2D eigenvalue weighted by atomic mass is 9.85. The molecule has 496 valence electrons. The second-order valence-corrected chi connectivity index (χ2v) is 28.2. The summed E-state index contributed by atoms with van der Waals surface area (Å²) < 4.78 is 12.1. The van der Waals surface area contributed by atoms with E-state index in [-0.39, 0.29) is 61.7 Å². The van der Waals surface area contributed by atoms with Crippen molar-refractivity contribution in [1.29, 1.82) is 0 Å². The summed E-state index contributed by atoms with van der Waals surface area (Å²) in [5, 5.41) is 20.2. The molecule has 4 atom stereocenters. The van der Waals surface area contributed by atoms with E-state index in [1.165, 1.54) is 4.90 Å². The second kappa shape index (κ2) is 31.9. The van der Waals surface area contributed by atoms with E-state index < -0.39 is 23.6 Å². The number of carbonyl (C=O) groups is 5. The van der Waals surface area contributed by atoms with Crippen molar-refractivity contribution in [3.63, 3.8) is 0 Å². The zero-order chi connectivity index (χ0) is 64.9. The van der Waals surface area contributed by atoms with Gasteiger partial charge in [0.2, 0.25) is 17.7 Å². The molecule has 3 aromatic carbocycles. The van der Waals surface area contributed by atoms with Crippen molar-refractivity contribution >= 4 is 40.9 Å². The van der Waals surface area contributed by atoms with E-state index in [0.29, 0.717) is 47.1 Å². The van der Waals surface area contributed by atoms with Crippen LogP contribution in [-0.4, -0.2) is 223 Å². The number of likely N-dealkylation sites (N-methyl/N-ethyl adjacent to an activating group) is 1. The number of aryl methyl sites for hydroxylation is 1. The Kier molecular flexibility index (Phi) is 23.6. The zero-order valence-electron chi connectivity index (χ0n) is 55.2. The Morgan fingerprint density at radius 1 is 0.750 bits per heavy atom.